The molecule has 13 heavy (non-hydrogen) atoms. The van der Waals surface area contributed by atoms with Gasteiger partial charge in [0.2, 0.25) is 0 Å². The fourth-order valence-electron chi connectivity index (χ4n) is 1.15. The Morgan fingerprint density at radius 1 is 1.31 bits per heavy atom. The molecule has 0 aromatic heterocycles. The Labute approximate surface area is 79.3 Å². The maximum Gasteiger partial charge on any atom is 0.0994 e. The second-order valence-corrected chi connectivity index (χ2v) is 3.30. The predicted octanol–water partition coefficient (Wildman–Crippen LogP) is 3.25. The maximum atomic E-state index is 8.91. The first-order chi connectivity index (χ1) is 6.24. The zero-order valence-corrected chi connectivity index (χ0v) is 7.99. The number of nitrogens with zero attached hydrogens (tertiary/aromatic N) is 1. The smallest absolute Gasteiger partial charge is 0.0994 e. The molecule has 0 spiro atoms. The minimum Gasteiger partial charge on any atom is -0.192 e. The van der Waals surface area contributed by atoms with Crippen LogP contribution in [0.15, 0.2) is 36.4 Å². The molecule has 0 aliphatic heterocycles. The third-order valence-electron chi connectivity index (χ3n) is 1.71. The van der Waals surface area contributed by atoms with E-state index in [4.69, 9.17) is 5.26 Å². The summed E-state index contributed by atoms with van der Waals surface area (Å²) < 4.78 is 0. The van der Waals surface area contributed by atoms with Gasteiger partial charge in [0.25, 0.3) is 0 Å². The number of allylic oxidation sites excluding steroid dienone is 2. The van der Waals surface area contributed by atoms with Gasteiger partial charge in [-0.05, 0) is 11.5 Å². The number of hydrogen-bond acceptors (Lipinski definition) is 1. The average molecular weight is 171 g/mol. The zero-order chi connectivity index (χ0) is 9.68. The number of nitriles is 1. The Morgan fingerprint density at radius 2 is 1.92 bits per heavy atom. The van der Waals surface area contributed by atoms with Crippen LogP contribution in [0.3, 0.4) is 0 Å². The molecule has 0 unspecified atom stereocenters. The first-order valence-electron chi connectivity index (χ1n) is 4.41. The fraction of sp³-hybridized carbons (Fsp3) is 0.250. The normalized spacial score (nSPS) is 11.4. The van der Waals surface area contributed by atoms with Crippen LogP contribution in [0.4, 0.5) is 0 Å². The van der Waals surface area contributed by atoms with Crippen molar-refractivity contribution in [3.05, 3.63) is 42.0 Å². The molecule has 0 radical (unpaired) electrons. The quantitative estimate of drug-likeness (QED) is 0.626. The van der Waals surface area contributed by atoms with Crippen molar-refractivity contribution in [3.63, 3.8) is 0 Å². The third-order valence-corrected chi connectivity index (χ3v) is 1.71. The molecular formula is C12H13N. The van der Waals surface area contributed by atoms with Gasteiger partial charge in [-0.1, -0.05) is 50.3 Å². The lowest BCUT2D eigenvalue weighted by atomic mass is 10.0. The lowest BCUT2D eigenvalue weighted by Gasteiger charge is -2.00. The molecule has 0 aliphatic carbocycles. The van der Waals surface area contributed by atoms with Crippen LogP contribution in [0.5, 0.6) is 0 Å². The van der Waals surface area contributed by atoms with Gasteiger partial charge in [0.1, 0.15) is 0 Å². The van der Waals surface area contributed by atoms with Gasteiger partial charge in [-0.25, -0.2) is 0 Å². The summed E-state index contributed by atoms with van der Waals surface area (Å²) in [4.78, 5) is 0. The van der Waals surface area contributed by atoms with E-state index >= 15 is 0 Å². The van der Waals surface area contributed by atoms with E-state index in [2.05, 4.69) is 19.9 Å². The standard InChI is InChI=1S/C12H13N/c1-10(2)8-12(9-13)11-6-4-3-5-7-11/h3-8,10H,1-2H3. The third kappa shape index (κ3) is 2.76. The summed E-state index contributed by atoms with van der Waals surface area (Å²) in [5, 5.41) is 8.91. The Kier molecular flexibility index (Phi) is 3.28. The molecule has 0 amide bonds. The van der Waals surface area contributed by atoms with E-state index in [1.54, 1.807) is 0 Å². The van der Waals surface area contributed by atoms with Crippen LogP contribution >= 0.6 is 0 Å². The van der Waals surface area contributed by atoms with Crippen LogP contribution in [0, 0.1) is 17.2 Å². The first-order valence-corrected chi connectivity index (χ1v) is 4.41. The molecule has 0 atom stereocenters. The molecular weight excluding hydrogens is 158 g/mol. The summed E-state index contributed by atoms with van der Waals surface area (Å²) >= 11 is 0. The van der Waals surface area contributed by atoms with Crippen LogP contribution in [-0.2, 0) is 0 Å². The van der Waals surface area contributed by atoms with Crippen molar-refractivity contribution in [1.29, 1.82) is 5.26 Å². The summed E-state index contributed by atoms with van der Waals surface area (Å²) in [6.45, 7) is 4.14. The van der Waals surface area contributed by atoms with Gasteiger partial charge in [0, 0.05) is 0 Å². The topological polar surface area (TPSA) is 23.8 Å². The highest BCUT2D eigenvalue weighted by molar-refractivity contribution is 5.76. The molecule has 0 saturated carbocycles. The van der Waals surface area contributed by atoms with E-state index in [0.29, 0.717) is 5.92 Å². The Balaban J connectivity index is 3.00. The SMILES string of the molecule is CC(C)C=C(C#N)c1ccccc1. The number of benzene rings is 1. The fourth-order valence-corrected chi connectivity index (χ4v) is 1.15. The largest absolute Gasteiger partial charge is 0.192 e. The van der Waals surface area contributed by atoms with Crippen molar-refractivity contribution in [2.75, 3.05) is 0 Å². The van der Waals surface area contributed by atoms with E-state index in [-0.39, 0.29) is 0 Å². The van der Waals surface area contributed by atoms with Crippen molar-refractivity contribution >= 4 is 5.57 Å². The van der Waals surface area contributed by atoms with Gasteiger partial charge in [0.15, 0.2) is 0 Å². The summed E-state index contributed by atoms with van der Waals surface area (Å²) in [7, 11) is 0. The van der Waals surface area contributed by atoms with E-state index < -0.39 is 0 Å². The van der Waals surface area contributed by atoms with Crippen molar-refractivity contribution in [1.82, 2.24) is 0 Å². The van der Waals surface area contributed by atoms with E-state index in [0.717, 1.165) is 11.1 Å². The Bertz CT molecular complexity index is 328. The Hall–Kier alpha value is -1.55. The second-order valence-electron chi connectivity index (χ2n) is 3.30. The maximum absolute atomic E-state index is 8.91. The van der Waals surface area contributed by atoms with E-state index in [1.165, 1.54) is 0 Å². The number of hydrogen-bond donors (Lipinski definition) is 0. The van der Waals surface area contributed by atoms with E-state index in [1.807, 2.05) is 36.4 Å². The summed E-state index contributed by atoms with van der Waals surface area (Å²) in [5.41, 5.74) is 1.76. The molecule has 0 N–H and O–H groups in total. The van der Waals surface area contributed by atoms with Gasteiger partial charge in [-0.2, -0.15) is 5.26 Å². The minimum absolute atomic E-state index is 0.412. The average Bonchev–Trinajstić information content (AvgIpc) is 2.15. The van der Waals surface area contributed by atoms with Gasteiger partial charge < -0.3 is 0 Å². The molecule has 1 aromatic carbocycles. The highest BCUT2D eigenvalue weighted by atomic mass is 14.2. The van der Waals surface area contributed by atoms with Crippen molar-refractivity contribution in [2.45, 2.75) is 13.8 Å². The molecule has 1 nitrogen and oxygen atoms in total. The van der Waals surface area contributed by atoms with Crippen LogP contribution in [0.25, 0.3) is 5.57 Å². The molecule has 0 aliphatic rings. The van der Waals surface area contributed by atoms with Gasteiger partial charge in [0.05, 0.1) is 11.6 Å². The molecule has 0 heterocycles. The first kappa shape index (κ1) is 9.54. The van der Waals surface area contributed by atoms with Crippen molar-refractivity contribution in [2.24, 2.45) is 5.92 Å². The van der Waals surface area contributed by atoms with Gasteiger partial charge in [-0.15, -0.1) is 0 Å². The van der Waals surface area contributed by atoms with Crippen LogP contribution in [0.1, 0.15) is 19.4 Å². The summed E-state index contributed by atoms with van der Waals surface area (Å²) in [6.07, 6.45) is 1.98. The monoisotopic (exact) mass is 171 g/mol. The molecule has 0 fully saturated rings. The minimum atomic E-state index is 0.412. The van der Waals surface area contributed by atoms with Crippen molar-refractivity contribution in [3.8, 4) is 6.07 Å². The predicted molar refractivity (Wildman–Crippen MR) is 54.9 cm³/mol. The molecule has 1 heteroatoms. The highest BCUT2D eigenvalue weighted by Gasteiger charge is 1.99. The molecule has 1 rings (SSSR count). The second kappa shape index (κ2) is 4.47. The Morgan fingerprint density at radius 3 is 2.38 bits per heavy atom. The van der Waals surface area contributed by atoms with Crippen LogP contribution in [0.2, 0.25) is 0 Å². The lowest BCUT2D eigenvalue weighted by molar-refractivity contribution is 0.834. The van der Waals surface area contributed by atoms with Gasteiger partial charge in [-0.3, -0.25) is 0 Å². The summed E-state index contributed by atoms with van der Waals surface area (Å²) in [6, 6.07) is 12.0. The van der Waals surface area contributed by atoms with Crippen molar-refractivity contribution < 1.29 is 0 Å². The van der Waals surface area contributed by atoms with Crippen LogP contribution in [-0.4, -0.2) is 0 Å². The number of rotatable bonds is 2. The lowest BCUT2D eigenvalue weighted by Crippen LogP contribution is -1.85. The molecule has 0 bridgehead atoms. The zero-order valence-electron chi connectivity index (χ0n) is 7.99. The summed E-state index contributed by atoms with van der Waals surface area (Å²) in [5.74, 6) is 0.412. The van der Waals surface area contributed by atoms with Crippen LogP contribution < -0.4 is 0 Å². The molecule has 66 valence electrons. The van der Waals surface area contributed by atoms with Gasteiger partial charge >= 0.3 is 0 Å². The highest BCUT2D eigenvalue weighted by Crippen LogP contribution is 2.14. The van der Waals surface area contributed by atoms with E-state index in [9.17, 15) is 0 Å². The molecule has 0 saturated heterocycles. The molecule has 1 aromatic rings.